The first kappa shape index (κ1) is 19.3. The van der Waals surface area contributed by atoms with Gasteiger partial charge in [-0.15, -0.1) is 6.58 Å². The van der Waals surface area contributed by atoms with Crippen LogP contribution in [0.1, 0.15) is 5.56 Å². The quantitative estimate of drug-likeness (QED) is 0.346. The smallest absolute Gasteiger partial charge is 0.265 e. The molecule has 1 fully saturated rings. The summed E-state index contributed by atoms with van der Waals surface area (Å²) in [5, 5.41) is 3.69. The Morgan fingerprint density at radius 2 is 1.67 bits per heavy atom. The Morgan fingerprint density at radius 3 is 2.26 bits per heavy atom. The van der Waals surface area contributed by atoms with Gasteiger partial charge < -0.3 is 0 Å². The fourth-order valence-electron chi connectivity index (χ4n) is 2.65. The third-order valence-corrected chi connectivity index (χ3v) is 4.67. The first-order chi connectivity index (χ1) is 12.9. The number of carbonyl (C=O) groups excluding carboxylic acids is 2. The van der Waals surface area contributed by atoms with Gasteiger partial charge in [0.2, 0.25) is 0 Å². The maximum atomic E-state index is 12.5. The van der Waals surface area contributed by atoms with Crippen LogP contribution >= 0.6 is 35.4 Å². The highest BCUT2D eigenvalue weighted by molar-refractivity contribution is 7.80. The molecule has 0 atom stereocenters. The van der Waals surface area contributed by atoms with Gasteiger partial charge in [0.1, 0.15) is 5.57 Å². The minimum Gasteiger partial charge on any atom is -0.298 e. The summed E-state index contributed by atoms with van der Waals surface area (Å²) < 4.78 is 0. The van der Waals surface area contributed by atoms with Gasteiger partial charge in [-0.2, -0.15) is 0 Å². The fraction of sp³-hybridized carbons (Fsp3) is 0.0500. The van der Waals surface area contributed by atoms with E-state index in [1.54, 1.807) is 12.1 Å². The Labute approximate surface area is 172 Å². The molecule has 1 heterocycles. The van der Waals surface area contributed by atoms with Gasteiger partial charge in [0.15, 0.2) is 5.11 Å². The summed E-state index contributed by atoms with van der Waals surface area (Å²) in [4.78, 5) is 26.0. The molecule has 7 heteroatoms. The average molecular weight is 417 g/mol. The molecule has 27 heavy (non-hydrogen) atoms. The predicted octanol–water partition coefficient (Wildman–Crippen LogP) is 4.47. The molecule has 0 saturated carbocycles. The molecule has 1 aliphatic rings. The van der Waals surface area contributed by atoms with Crippen LogP contribution in [0.25, 0.3) is 17.2 Å². The van der Waals surface area contributed by atoms with Crippen molar-refractivity contribution in [1.29, 1.82) is 0 Å². The third kappa shape index (κ3) is 4.27. The van der Waals surface area contributed by atoms with Crippen molar-refractivity contribution in [3.8, 4) is 11.1 Å². The number of amides is 2. The second-order valence-corrected chi connectivity index (χ2v) is 7.06. The second-order valence-electron chi connectivity index (χ2n) is 5.80. The van der Waals surface area contributed by atoms with E-state index in [9.17, 15) is 9.59 Å². The van der Waals surface area contributed by atoms with Crippen molar-refractivity contribution in [3.63, 3.8) is 0 Å². The summed E-state index contributed by atoms with van der Waals surface area (Å²) in [5.74, 6) is -0.967. The second kappa shape index (κ2) is 8.05. The highest BCUT2D eigenvalue weighted by Crippen LogP contribution is 2.28. The minimum atomic E-state index is -0.518. The number of rotatable bonds is 4. The molecule has 1 aliphatic heterocycles. The molecule has 0 bridgehead atoms. The monoisotopic (exact) mass is 416 g/mol. The molecule has 0 unspecified atom stereocenters. The molecule has 4 nitrogen and oxygen atoms in total. The van der Waals surface area contributed by atoms with E-state index in [1.807, 2.05) is 36.4 Å². The number of halogens is 2. The molecule has 2 aromatic rings. The van der Waals surface area contributed by atoms with Crippen LogP contribution in [0.5, 0.6) is 0 Å². The summed E-state index contributed by atoms with van der Waals surface area (Å²) >= 11 is 17.1. The number of benzene rings is 2. The highest BCUT2D eigenvalue weighted by atomic mass is 35.5. The van der Waals surface area contributed by atoms with Crippen molar-refractivity contribution in [2.45, 2.75) is 0 Å². The summed E-state index contributed by atoms with van der Waals surface area (Å²) in [5.41, 5.74) is 2.51. The van der Waals surface area contributed by atoms with E-state index in [1.165, 1.54) is 11.0 Å². The largest absolute Gasteiger partial charge is 0.298 e. The molecule has 2 amide bonds. The first-order valence-electron chi connectivity index (χ1n) is 7.95. The molecular weight excluding hydrogens is 403 g/mol. The van der Waals surface area contributed by atoms with Gasteiger partial charge in [-0.3, -0.25) is 19.8 Å². The molecule has 0 radical (unpaired) electrons. The lowest BCUT2D eigenvalue weighted by molar-refractivity contribution is -0.128. The molecule has 3 rings (SSSR count). The zero-order valence-corrected chi connectivity index (χ0v) is 16.4. The van der Waals surface area contributed by atoms with E-state index in [0.717, 1.165) is 11.1 Å². The Balaban J connectivity index is 1.90. The summed E-state index contributed by atoms with van der Waals surface area (Å²) in [6.45, 7) is 3.82. The normalized spacial score (nSPS) is 15.9. The van der Waals surface area contributed by atoms with Gasteiger partial charge in [0.25, 0.3) is 11.8 Å². The van der Waals surface area contributed by atoms with Crippen molar-refractivity contribution < 1.29 is 9.59 Å². The maximum Gasteiger partial charge on any atom is 0.265 e. The van der Waals surface area contributed by atoms with Crippen LogP contribution in [-0.2, 0) is 9.59 Å². The molecule has 0 spiro atoms. The van der Waals surface area contributed by atoms with Crippen LogP contribution < -0.4 is 5.32 Å². The van der Waals surface area contributed by atoms with E-state index in [2.05, 4.69) is 11.9 Å². The van der Waals surface area contributed by atoms with Gasteiger partial charge in [0.05, 0.1) is 0 Å². The SMILES string of the molecule is C=CCN1C(=O)/C(=C/c2ccc(-c3cc(Cl)cc(Cl)c3)cc2)C(=O)NC1=S. The molecule has 136 valence electrons. The number of thiocarbonyl (C=S) groups is 1. The van der Waals surface area contributed by atoms with Gasteiger partial charge in [0, 0.05) is 16.6 Å². The Morgan fingerprint density at radius 1 is 1.04 bits per heavy atom. The first-order valence-corrected chi connectivity index (χ1v) is 9.12. The average Bonchev–Trinajstić information content (AvgIpc) is 2.62. The Hall–Kier alpha value is -2.47. The van der Waals surface area contributed by atoms with Gasteiger partial charge in [-0.1, -0.05) is 53.5 Å². The fourth-order valence-corrected chi connectivity index (χ4v) is 3.42. The molecule has 1 N–H and O–H groups in total. The molecule has 0 aliphatic carbocycles. The summed E-state index contributed by atoms with van der Waals surface area (Å²) in [6.07, 6.45) is 3.08. The summed E-state index contributed by atoms with van der Waals surface area (Å²) in [6, 6.07) is 12.6. The van der Waals surface area contributed by atoms with Gasteiger partial charge in [-0.25, -0.2) is 0 Å². The van der Waals surface area contributed by atoms with E-state index < -0.39 is 11.8 Å². The van der Waals surface area contributed by atoms with Crippen LogP contribution in [0.2, 0.25) is 10.0 Å². The van der Waals surface area contributed by atoms with E-state index in [4.69, 9.17) is 35.4 Å². The lowest BCUT2D eigenvalue weighted by atomic mass is 10.0. The number of hydrogen-bond donors (Lipinski definition) is 1. The number of nitrogens with one attached hydrogen (secondary N) is 1. The highest BCUT2D eigenvalue weighted by Gasteiger charge is 2.32. The standard InChI is InChI=1S/C20H14Cl2N2O2S/c1-2-7-24-19(26)17(18(25)23-20(24)27)8-12-3-5-13(6-4-12)14-9-15(21)11-16(22)10-14/h2-6,8-11H,1,7H2,(H,23,25,27)/b17-8+. The third-order valence-electron chi connectivity index (χ3n) is 3.92. The zero-order valence-electron chi connectivity index (χ0n) is 14.0. The van der Waals surface area contributed by atoms with Crippen LogP contribution in [-0.4, -0.2) is 28.4 Å². The number of carbonyl (C=O) groups is 2. The predicted molar refractivity (Wildman–Crippen MR) is 113 cm³/mol. The molecule has 2 aromatic carbocycles. The van der Waals surface area contributed by atoms with Crippen LogP contribution in [0.3, 0.4) is 0 Å². The molecule has 1 saturated heterocycles. The Kier molecular flexibility index (Phi) is 5.75. The van der Waals surface area contributed by atoms with E-state index in [-0.39, 0.29) is 17.2 Å². The summed E-state index contributed by atoms with van der Waals surface area (Å²) in [7, 11) is 0. The van der Waals surface area contributed by atoms with E-state index >= 15 is 0 Å². The molecular formula is C20H14Cl2N2O2S. The van der Waals surface area contributed by atoms with Crippen molar-refractivity contribution in [2.24, 2.45) is 0 Å². The lowest BCUT2D eigenvalue weighted by Crippen LogP contribution is -2.53. The van der Waals surface area contributed by atoms with Crippen molar-refractivity contribution in [1.82, 2.24) is 10.2 Å². The van der Waals surface area contributed by atoms with Crippen LogP contribution in [0.15, 0.2) is 60.7 Å². The maximum absolute atomic E-state index is 12.5. The van der Waals surface area contributed by atoms with Crippen LogP contribution in [0.4, 0.5) is 0 Å². The zero-order chi connectivity index (χ0) is 19.6. The van der Waals surface area contributed by atoms with Crippen molar-refractivity contribution in [2.75, 3.05) is 6.54 Å². The number of hydrogen-bond acceptors (Lipinski definition) is 3. The lowest BCUT2D eigenvalue weighted by Gasteiger charge is -2.27. The van der Waals surface area contributed by atoms with Gasteiger partial charge >= 0.3 is 0 Å². The van der Waals surface area contributed by atoms with Gasteiger partial charge in [-0.05, 0) is 53.2 Å². The van der Waals surface area contributed by atoms with Crippen LogP contribution in [0, 0.1) is 0 Å². The number of nitrogens with zero attached hydrogens (tertiary/aromatic N) is 1. The van der Waals surface area contributed by atoms with Crippen molar-refractivity contribution >= 4 is 58.4 Å². The van der Waals surface area contributed by atoms with Crippen molar-refractivity contribution in [3.05, 3.63) is 76.3 Å². The Bertz CT molecular complexity index is 964. The van der Waals surface area contributed by atoms with E-state index in [0.29, 0.717) is 15.6 Å². The minimum absolute atomic E-state index is 0.0176. The topological polar surface area (TPSA) is 49.4 Å². The molecule has 0 aromatic heterocycles.